The Labute approximate surface area is 144 Å². The fourth-order valence-corrected chi connectivity index (χ4v) is 2.53. The van der Waals surface area contributed by atoms with Crippen molar-refractivity contribution in [1.82, 2.24) is 0 Å². The Balaban J connectivity index is 1.78. The van der Waals surface area contributed by atoms with Crippen LogP contribution in [0.15, 0.2) is 53.0 Å². The van der Waals surface area contributed by atoms with E-state index in [1.807, 2.05) is 30.3 Å². The van der Waals surface area contributed by atoms with Gasteiger partial charge in [-0.15, -0.1) is 0 Å². The molecule has 2 aromatic rings. The average Bonchev–Trinajstić information content (AvgIpc) is 2.55. The molecular weight excluding hydrogens is 358 g/mol. The number of anilines is 1. The van der Waals surface area contributed by atoms with Crippen molar-refractivity contribution in [1.29, 1.82) is 0 Å². The molecule has 0 atom stereocenters. The van der Waals surface area contributed by atoms with E-state index in [0.717, 1.165) is 22.2 Å². The fraction of sp³-hybridized carbons (Fsp3) is 0.222. The molecule has 23 heavy (non-hydrogen) atoms. The summed E-state index contributed by atoms with van der Waals surface area (Å²) in [5.41, 5.74) is 1.72. The molecular formula is C18H18BrNO3. The summed E-state index contributed by atoms with van der Waals surface area (Å²) in [6.45, 7) is 0. The Bertz CT molecular complexity index is 683. The molecule has 4 nitrogen and oxygen atoms in total. The van der Waals surface area contributed by atoms with Gasteiger partial charge in [-0.2, -0.15) is 0 Å². The molecule has 0 radical (unpaired) electrons. The third kappa shape index (κ3) is 5.53. The first-order chi connectivity index (χ1) is 11.1. The second kappa shape index (κ2) is 8.48. The number of ketones is 1. The number of amides is 1. The standard InChI is InChI=1S/C18H18BrNO3/c1-23-16-10-8-13(9-11-16)4-2-7-17(21)18(22)20-15-6-3-5-14(19)12-15/h3,5-6,8-12H,2,4,7H2,1H3,(H,20,22). The van der Waals surface area contributed by atoms with Gasteiger partial charge < -0.3 is 10.1 Å². The first kappa shape index (κ1) is 17.2. The van der Waals surface area contributed by atoms with E-state index in [0.29, 0.717) is 12.1 Å². The minimum absolute atomic E-state index is 0.228. The lowest BCUT2D eigenvalue weighted by Crippen LogP contribution is -2.22. The minimum atomic E-state index is -0.571. The molecule has 0 fully saturated rings. The van der Waals surface area contributed by atoms with Crippen LogP contribution in [0.3, 0.4) is 0 Å². The number of aryl methyl sites for hydroxylation is 1. The lowest BCUT2D eigenvalue weighted by Gasteiger charge is -2.05. The van der Waals surface area contributed by atoms with Crippen molar-refractivity contribution in [2.24, 2.45) is 0 Å². The van der Waals surface area contributed by atoms with Crippen LogP contribution in [0.4, 0.5) is 5.69 Å². The van der Waals surface area contributed by atoms with Crippen LogP contribution in [-0.4, -0.2) is 18.8 Å². The van der Waals surface area contributed by atoms with Crippen LogP contribution < -0.4 is 10.1 Å². The van der Waals surface area contributed by atoms with Gasteiger partial charge in [0.1, 0.15) is 5.75 Å². The van der Waals surface area contributed by atoms with Gasteiger partial charge >= 0.3 is 0 Å². The summed E-state index contributed by atoms with van der Waals surface area (Å²) in [5, 5.41) is 2.61. The van der Waals surface area contributed by atoms with Crippen LogP contribution in [0, 0.1) is 0 Å². The molecule has 0 saturated heterocycles. The van der Waals surface area contributed by atoms with Gasteiger partial charge in [0.15, 0.2) is 0 Å². The fourth-order valence-electron chi connectivity index (χ4n) is 2.13. The van der Waals surface area contributed by atoms with Gasteiger partial charge in [-0.25, -0.2) is 0 Å². The highest BCUT2D eigenvalue weighted by Gasteiger charge is 2.13. The summed E-state index contributed by atoms with van der Waals surface area (Å²) in [4.78, 5) is 23.7. The first-order valence-electron chi connectivity index (χ1n) is 7.31. The number of nitrogens with one attached hydrogen (secondary N) is 1. The highest BCUT2D eigenvalue weighted by Crippen LogP contribution is 2.16. The quantitative estimate of drug-likeness (QED) is 0.744. The summed E-state index contributed by atoms with van der Waals surface area (Å²) < 4.78 is 5.95. The van der Waals surface area contributed by atoms with Gasteiger partial charge in [0.05, 0.1) is 7.11 Å². The van der Waals surface area contributed by atoms with Crippen molar-refractivity contribution in [2.75, 3.05) is 12.4 Å². The maximum Gasteiger partial charge on any atom is 0.291 e. The van der Waals surface area contributed by atoms with E-state index in [2.05, 4.69) is 21.2 Å². The van der Waals surface area contributed by atoms with Crippen molar-refractivity contribution < 1.29 is 14.3 Å². The van der Waals surface area contributed by atoms with Crippen LogP contribution in [0.5, 0.6) is 5.75 Å². The number of rotatable bonds is 7. The Morgan fingerprint density at radius 3 is 2.52 bits per heavy atom. The van der Waals surface area contributed by atoms with Gasteiger partial charge in [0.25, 0.3) is 5.91 Å². The van der Waals surface area contributed by atoms with Gasteiger partial charge in [-0.3, -0.25) is 9.59 Å². The predicted molar refractivity (Wildman–Crippen MR) is 93.7 cm³/mol. The van der Waals surface area contributed by atoms with Crippen molar-refractivity contribution >= 4 is 33.3 Å². The number of hydrogen-bond donors (Lipinski definition) is 1. The SMILES string of the molecule is COc1ccc(CCCC(=O)C(=O)Nc2cccc(Br)c2)cc1. The van der Waals surface area contributed by atoms with Gasteiger partial charge in [0.2, 0.25) is 5.78 Å². The molecule has 0 spiro atoms. The second-order valence-corrected chi connectivity index (χ2v) is 6.00. The zero-order chi connectivity index (χ0) is 16.7. The molecule has 2 aromatic carbocycles. The van der Waals surface area contributed by atoms with E-state index in [9.17, 15) is 9.59 Å². The third-order valence-corrected chi connectivity index (χ3v) is 3.86. The maximum absolute atomic E-state index is 11.9. The molecule has 0 bridgehead atoms. The van der Waals surface area contributed by atoms with Crippen molar-refractivity contribution in [2.45, 2.75) is 19.3 Å². The topological polar surface area (TPSA) is 55.4 Å². The molecule has 1 amide bonds. The number of halogens is 1. The van der Waals surface area contributed by atoms with Gasteiger partial charge in [-0.1, -0.05) is 34.1 Å². The summed E-state index contributed by atoms with van der Waals surface area (Å²) >= 11 is 3.32. The molecule has 0 aliphatic carbocycles. The molecule has 2 rings (SSSR count). The molecule has 120 valence electrons. The Morgan fingerprint density at radius 1 is 1.13 bits per heavy atom. The number of methoxy groups -OCH3 is 1. The summed E-state index contributed by atoms with van der Waals surface area (Å²) in [7, 11) is 1.62. The largest absolute Gasteiger partial charge is 0.497 e. The molecule has 0 saturated carbocycles. The van der Waals surface area contributed by atoms with Crippen LogP contribution in [-0.2, 0) is 16.0 Å². The van der Waals surface area contributed by atoms with Crippen LogP contribution in [0.2, 0.25) is 0 Å². The predicted octanol–water partition coefficient (Wildman–Crippen LogP) is 3.99. The number of hydrogen-bond acceptors (Lipinski definition) is 3. The van der Waals surface area contributed by atoms with Gasteiger partial charge in [-0.05, 0) is 48.7 Å². The molecule has 0 aromatic heterocycles. The highest BCUT2D eigenvalue weighted by atomic mass is 79.9. The smallest absolute Gasteiger partial charge is 0.291 e. The van der Waals surface area contributed by atoms with E-state index in [1.54, 1.807) is 25.3 Å². The number of ether oxygens (including phenoxy) is 1. The van der Waals surface area contributed by atoms with Gasteiger partial charge in [0, 0.05) is 16.6 Å². The zero-order valence-corrected chi connectivity index (χ0v) is 14.4. The van der Waals surface area contributed by atoms with Crippen LogP contribution in [0.25, 0.3) is 0 Å². The van der Waals surface area contributed by atoms with Crippen LogP contribution in [0.1, 0.15) is 18.4 Å². The molecule has 1 N–H and O–H groups in total. The summed E-state index contributed by atoms with van der Waals surface area (Å²) in [6.07, 6.45) is 1.61. The molecule has 0 aliphatic rings. The van der Waals surface area contributed by atoms with E-state index < -0.39 is 11.7 Å². The number of benzene rings is 2. The Kier molecular flexibility index (Phi) is 6.35. The lowest BCUT2D eigenvalue weighted by atomic mass is 10.1. The first-order valence-corrected chi connectivity index (χ1v) is 8.10. The maximum atomic E-state index is 11.9. The number of carbonyl (C=O) groups excluding carboxylic acids is 2. The Morgan fingerprint density at radius 2 is 1.87 bits per heavy atom. The number of carbonyl (C=O) groups is 2. The molecule has 0 heterocycles. The Hall–Kier alpha value is -2.14. The van der Waals surface area contributed by atoms with E-state index in [1.165, 1.54) is 0 Å². The molecule has 0 unspecified atom stereocenters. The molecule has 5 heteroatoms. The normalized spacial score (nSPS) is 10.2. The monoisotopic (exact) mass is 375 g/mol. The van der Waals surface area contributed by atoms with Crippen LogP contribution >= 0.6 is 15.9 Å². The third-order valence-electron chi connectivity index (χ3n) is 3.36. The molecule has 0 aliphatic heterocycles. The highest BCUT2D eigenvalue weighted by molar-refractivity contribution is 9.10. The lowest BCUT2D eigenvalue weighted by molar-refractivity contribution is -0.134. The summed E-state index contributed by atoms with van der Waals surface area (Å²) in [6, 6.07) is 14.8. The second-order valence-electron chi connectivity index (χ2n) is 5.09. The van der Waals surface area contributed by atoms with E-state index >= 15 is 0 Å². The van der Waals surface area contributed by atoms with Crippen molar-refractivity contribution in [3.8, 4) is 5.75 Å². The van der Waals surface area contributed by atoms with E-state index in [-0.39, 0.29) is 6.42 Å². The van der Waals surface area contributed by atoms with Crippen molar-refractivity contribution in [3.05, 3.63) is 58.6 Å². The zero-order valence-electron chi connectivity index (χ0n) is 12.8. The number of Topliss-reactive ketones (excluding diaryl/α,β-unsaturated/α-hetero) is 1. The average molecular weight is 376 g/mol. The summed E-state index contributed by atoms with van der Waals surface area (Å²) in [5.74, 6) is -0.172. The minimum Gasteiger partial charge on any atom is -0.497 e. The van der Waals surface area contributed by atoms with Crippen molar-refractivity contribution in [3.63, 3.8) is 0 Å². The van der Waals surface area contributed by atoms with E-state index in [4.69, 9.17) is 4.74 Å².